The molecule has 118 valence electrons. The maximum absolute atomic E-state index is 12.3. The lowest BCUT2D eigenvalue weighted by molar-refractivity contribution is 0.0685. The van der Waals surface area contributed by atoms with Gasteiger partial charge in [0.1, 0.15) is 10.6 Å². The Labute approximate surface area is 125 Å². The normalized spacial score (nSPS) is 16.9. The number of hydrogen-bond donors (Lipinski definition) is 2. The molecule has 1 aromatic heterocycles. The second-order valence-corrected chi connectivity index (χ2v) is 7.47. The van der Waals surface area contributed by atoms with E-state index in [1.54, 1.807) is 0 Å². The van der Waals surface area contributed by atoms with E-state index in [9.17, 15) is 13.2 Å². The predicted molar refractivity (Wildman–Crippen MR) is 78.8 cm³/mol. The molecule has 0 bridgehead atoms. The molecule has 6 nitrogen and oxygen atoms in total. The Hall–Kier alpha value is -1.34. The molecular formula is C14H22N2O4S. The summed E-state index contributed by atoms with van der Waals surface area (Å²) in [6, 6.07) is 1.09. The van der Waals surface area contributed by atoms with Crippen molar-refractivity contribution >= 4 is 16.0 Å². The summed E-state index contributed by atoms with van der Waals surface area (Å²) < 4.78 is 28.7. The lowest BCUT2D eigenvalue weighted by Gasteiger charge is -2.12. The van der Waals surface area contributed by atoms with Gasteiger partial charge < -0.3 is 9.67 Å². The summed E-state index contributed by atoms with van der Waals surface area (Å²) in [5.41, 5.74) is 0.00655. The average Bonchev–Trinajstić information content (AvgIpc) is 3.05. The second kappa shape index (κ2) is 6.19. The molecule has 0 saturated heterocycles. The molecule has 1 saturated carbocycles. The Kier molecular flexibility index (Phi) is 4.73. The van der Waals surface area contributed by atoms with Gasteiger partial charge in [-0.05, 0) is 31.7 Å². The molecular weight excluding hydrogens is 292 g/mol. The minimum Gasteiger partial charge on any atom is -0.477 e. The van der Waals surface area contributed by atoms with Crippen molar-refractivity contribution in [2.75, 3.05) is 0 Å². The highest BCUT2D eigenvalue weighted by Gasteiger charge is 2.27. The van der Waals surface area contributed by atoms with Crippen LogP contribution in [0.15, 0.2) is 17.2 Å². The summed E-state index contributed by atoms with van der Waals surface area (Å²) in [7, 11) is -3.67. The van der Waals surface area contributed by atoms with Gasteiger partial charge in [0.05, 0.1) is 0 Å². The van der Waals surface area contributed by atoms with E-state index < -0.39 is 16.0 Å². The van der Waals surface area contributed by atoms with Crippen molar-refractivity contribution in [3.05, 3.63) is 18.0 Å². The van der Waals surface area contributed by atoms with Crippen molar-refractivity contribution in [1.82, 2.24) is 9.29 Å². The van der Waals surface area contributed by atoms with Gasteiger partial charge in [0, 0.05) is 18.8 Å². The topological polar surface area (TPSA) is 88.4 Å². The van der Waals surface area contributed by atoms with Gasteiger partial charge in [-0.15, -0.1) is 0 Å². The van der Waals surface area contributed by atoms with Gasteiger partial charge in [0.25, 0.3) is 0 Å². The first kappa shape index (κ1) is 16.0. The first-order chi connectivity index (χ1) is 9.83. The minimum atomic E-state index is -3.67. The largest absolute Gasteiger partial charge is 0.477 e. The summed E-state index contributed by atoms with van der Waals surface area (Å²) in [5, 5.41) is 9.14. The van der Waals surface area contributed by atoms with E-state index in [1.165, 1.54) is 29.7 Å². The van der Waals surface area contributed by atoms with Gasteiger partial charge in [-0.2, -0.15) is 0 Å². The fraction of sp³-hybridized carbons (Fsp3) is 0.643. The van der Waals surface area contributed by atoms with Crippen molar-refractivity contribution in [3.8, 4) is 0 Å². The van der Waals surface area contributed by atoms with Crippen LogP contribution in [0.5, 0.6) is 0 Å². The van der Waals surface area contributed by atoms with E-state index in [-0.39, 0.29) is 16.6 Å². The van der Waals surface area contributed by atoms with Crippen LogP contribution >= 0.6 is 0 Å². The zero-order valence-electron chi connectivity index (χ0n) is 12.4. The van der Waals surface area contributed by atoms with Crippen molar-refractivity contribution in [1.29, 1.82) is 0 Å². The molecule has 2 N–H and O–H groups in total. The van der Waals surface area contributed by atoms with Crippen LogP contribution in [-0.4, -0.2) is 30.1 Å². The first-order valence-corrected chi connectivity index (χ1v) is 8.77. The molecule has 1 atom stereocenters. The summed E-state index contributed by atoms with van der Waals surface area (Å²) in [6.45, 7) is 4.24. The van der Waals surface area contributed by atoms with Gasteiger partial charge >= 0.3 is 5.97 Å². The van der Waals surface area contributed by atoms with Gasteiger partial charge in [0.2, 0.25) is 10.0 Å². The average molecular weight is 314 g/mol. The zero-order chi connectivity index (χ0) is 15.6. The Balaban J connectivity index is 2.18. The summed E-state index contributed by atoms with van der Waals surface area (Å²) in [5.74, 6) is -0.488. The van der Waals surface area contributed by atoms with Crippen LogP contribution in [0.3, 0.4) is 0 Å². The molecule has 0 aromatic carbocycles. The van der Waals surface area contributed by atoms with E-state index in [0.717, 1.165) is 12.8 Å². The van der Waals surface area contributed by atoms with Crippen LogP contribution in [-0.2, 0) is 16.6 Å². The van der Waals surface area contributed by atoms with Crippen LogP contribution in [0.4, 0.5) is 0 Å². The lowest BCUT2D eigenvalue weighted by Crippen LogP contribution is -2.32. The summed E-state index contributed by atoms with van der Waals surface area (Å²) >= 11 is 0. The highest BCUT2D eigenvalue weighted by atomic mass is 32.2. The number of aryl methyl sites for hydroxylation is 1. The molecule has 0 amide bonds. The monoisotopic (exact) mass is 314 g/mol. The molecule has 1 aromatic rings. The number of carboxylic acid groups (broad SMARTS) is 1. The minimum absolute atomic E-state index is 0.00655. The number of aromatic carboxylic acids is 1. The van der Waals surface area contributed by atoms with Crippen LogP contribution in [0.1, 0.15) is 50.0 Å². The van der Waals surface area contributed by atoms with Gasteiger partial charge in [-0.3, -0.25) is 0 Å². The highest BCUT2D eigenvalue weighted by Crippen LogP contribution is 2.33. The molecule has 1 aliphatic carbocycles. The number of hydrogen-bond acceptors (Lipinski definition) is 3. The molecule has 7 heteroatoms. The molecule has 0 radical (unpaired) electrons. The van der Waals surface area contributed by atoms with Crippen LogP contribution < -0.4 is 4.72 Å². The Morgan fingerprint density at radius 1 is 1.52 bits per heavy atom. The Bertz CT molecular complexity index is 617. The van der Waals surface area contributed by atoms with Crippen LogP contribution in [0, 0.1) is 5.92 Å². The van der Waals surface area contributed by atoms with Crippen molar-refractivity contribution in [2.24, 2.45) is 5.92 Å². The Morgan fingerprint density at radius 2 is 2.19 bits per heavy atom. The fourth-order valence-electron chi connectivity index (χ4n) is 2.47. The maximum Gasteiger partial charge on any atom is 0.352 e. The molecule has 1 heterocycles. The third kappa shape index (κ3) is 4.07. The molecule has 1 aliphatic rings. The number of carbonyl (C=O) groups is 1. The van der Waals surface area contributed by atoms with Crippen molar-refractivity contribution in [2.45, 2.75) is 57.0 Å². The highest BCUT2D eigenvalue weighted by molar-refractivity contribution is 7.89. The van der Waals surface area contributed by atoms with Crippen LogP contribution in [0.2, 0.25) is 0 Å². The van der Waals surface area contributed by atoms with Gasteiger partial charge in [-0.25, -0.2) is 17.9 Å². The first-order valence-electron chi connectivity index (χ1n) is 7.29. The van der Waals surface area contributed by atoms with E-state index in [4.69, 9.17) is 5.11 Å². The molecule has 0 aliphatic heterocycles. The molecule has 1 unspecified atom stereocenters. The van der Waals surface area contributed by atoms with E-state index in [0.29, 0.717) is 12.5 Å². The zero-order valence-corrected chi connectivity index (χ0v) is 13.2. The number of carboxylic acids is 1. The number of aromatic nitrogens is 1. The third-order valence-electron chi connectivity index (χ3n) is 3.61. The molecule has 21 heavy (non-hydrogen) atoms. The van der Waals surface area contributed by atoms with Crippen molar-refractivity contribution in [3.63, 3.8) is 0 Å². The summed E-state index contributed by atoms with van der Waals surface area (Å²) in [6.07, 6.45) is 5.31. The van der Waals surface area contributed by atoms with Crippen LogP contribution in [0.25, 0.3) is 0 Å². The number of rotatable bonds is 8. The second-order valence-electron chi connectivity index (χ2n) is 5.76. The smallest absolute Gasteiger partial charge is 0.352 e. The van der Waals surface area contributed by atoms with E-state index in [1.807, 2.05) is 13.8 Å². The lowest BCUT2D eigenvalue weighted by atomic mass is 10.2. The number of sulfonamides is 1. The number of nitrogens with one attached hydrogen (secondary N) is 1. The van der Waals surface area contributed by atoms with Gasteiger partial charge in [-0.1, -0.05) is 19.8 Å². The standard InChI is InChI=1S/C14H22N2O4S/c1-3-6-16-9-12(8-13(16)14(17)18)21(19,20)15-10(2)7-11-4-5-11/h8-11,15H,3-7H2,1-2H3,(H,17,18). The quantitative estimate of drug-likeness (QED) is 0.769. The fourth-order valence-corrected chi connectivity index (χ4v) is 3.76. The van der Waals surface area contributed by atoms with Crippen molar-refractivity contribution < 1.29 is 18.3 Å². The predicted octanol–water partition coefficient (Wildman–Crippen LogP) is 2.06. The SMILES string of the molecule is CCCn1cc(S(=O)(=O)NC(C)CC2CC2)cc1C(=O)O. The van der Waals surface area contributed by atoms with E-state index >= 15 is 0 Å². The van der Waals surface area contributed by atoms with E-state index in [2.05, 4.69) is 4.72 Å². The third-order valence-corrected chi connectivity index (χ3v) is 5.16. The Morgan fingerprint density at radius 3 is 2.71 bits per heavy atom. The summed E-state index contributed by atoms with van der Waals surface area (Å²) in [4.78, 5) is 11.2. The van der Waals surface area contributed by atoms with Gasteiger partial charge in [0.15, 0.2) is 0 Å². The molecule has 2 rings (SSSR count). The maximum atomic E-state index is 12.3. The number of nitrogens with zero attached hydrogens (tertiary/aromatic N) is 1. The molecule has 0 spiro atoms. The molecule has 1 fully saturated rings.